The number of hydrazine groups is 1. The number of carbonyl (C=O) groups excluding carboxylic acids is 1. The monoisotopic (exact) mass is 241 g/mol. The highest BCUT2D eigenvalue weighted by Gasteiger charge is 2.27. The molecule has 2 N–H and O–H groups in total. The predicted octanol–water partition coefficient (Wildman–Crippen LogP) is 1.53. The molecule has 1 saturated heterocycles. The van der Waals surface area contributed by atoms with Gasteiger partial charge >= 0.3 is 0 Å². The number of piperidine rings is 1. The minimum absolute atomic E-state index is 0.0243. The summed E-state index contributed by atoms with van der Waals surface area (Å²) in [5, 5.41) is 5.34. The third kappa shape index (κ3) is 4.28. The molecule has 0 radical (unpaired) electrons. The molecule has 0 saturated carbocycles. The van der Waals surface area contributed by atoms with E-state index in [9.17, 15) is 4.79 Å². The van der Waals surface area contributed by atoms with Crippen molar-refractivity contribution in [3.63, 3.8) is 0 Å². The zero-order valence-corrected chi connectivity index (χ0v) is 11.6. The van der Waals surface area contributed by atoms with Gasteiger partial charge in [-0.25, -0.2) is 5.01 Å². The van der Waals surface area contributed by atoms with Crippen molar-refractivity contribution in [3.05, 3.63) is 0 Å². The van der Waals surface area contributed by atoms with Crippen LogP contribution in [0.1, 0.15) is 47.0 Å². The summed E-state index contributed by atoms with van der Waals surface area (Å²) in [5.74, 6) is 0.155. The number of rotatable bonds is 5. The highest BCUT2D eigenvalue weighted by molar-refractivity contribution is 5.78. The van der Waals surface area contributed by atoms with Gasteiger partial charge in [0.2, 0.25) is 5.91 Å². The van der Waals surface area contributed by atoms with Gasteiger partial charge in [0.1, 0.15) is 0 Å². The summed E-state index contributed by atoms with van der Waals surface area (Å²) >= 11 is 0. The molecule has 0 bridgehead atoms. The number of nitrogens with one attached hydrogen (secondary N) is 2. The second-order valence-electron chi connectivity index (χ2n) is 5.22. The summed E-state index contributed by atoms with van der Waals surface area (Å²) in [5.41, 5.74) is 3.08. The van der Waals surface area contributed by atoms with Crippen molar-refractivity contribution in [2.24, 2.45) is 5.92 Å². The molecule has 4 heteroatoms. The van der Waals surface area contributed by atoms with Crippen LogP contribution in [0.2, 0.25) is 0 Å². The van der Waals surface area contributed by atoms with E-state index >= 15 is 0 Å². The van der Waals surface area contributed by atoms with Gasteiger partial charge in [-0.1, -0.05) is 20.3 Å². The topological polar surface area (TPSA) is 44.4 Å². The van der Waals surface area contributed by atoms with Gasteiger partial charge in [-0.3, -0.25) is 10.2 Å². The van der Waals surface area contributed by atoms with Gasteiger partial charge < -0.3 is 5.32 Å². The average Bonchev–Trinajstić information content (AvgIpc) is 2.30. The lowest BCUT2D eigenvalue weighted by Gasteiger charge is -2.39. The molecular weight excluding hydrogens is 214 g/mol. The van der Waals surface area contributed by atoms with E-state index in [1.165, 1.54) is 19.3 Å². The second-order valence-corrected chi connectivity index (χ2v) is 5.22. The zero-order valence-electron chi connectivity index (χ0n) is 11.6. The van der Waals surface area contributed by atoms with E-state index in [1.807, 2.05) is 6.92 Å². The summed E-state index contributed by atoms with van der Waals surface area (Å²) < 4.78 is 0. The van der Waals surface area contributed by atoms with Crippen LogP contribution in [-0.4, -0.2) is 36.1 Å². The first-order valence-corrected chi connectivity index (χ1v) is 6.85. The molecule has 1 rings (SSSR count). The molecule has 0 aromatic heterocycles. The smallest absolute Gasteiger partial charge is 0.238 e. The third-order valence-electron chi connectivity index (χ3n) is 3.58. The molecule has 17 heavy (non-hydrogen) atoms. The van der Waals surface area contributed by atoms with E-state index in [0.717, 1.165) is 13.1 Å². The Bertz CT molecular complexity index is 235. The lowest BCUT2D eigenvalue weighted by atomic mass is 10.00. The molecule has 1 heterocycles. The molecule has 3 atom stereocenters. The largest absolute Gasteiger partial charge is 0.316 e. The Morgan fingerprint density at radius 2 is 1.94 bits per heavy atom. The van der Waals surface area contributed by atoms with Gasteiger partial charge in [0.15, 0.2) is 0 Å². The quantitative estimate of drug-likeness (QED) is 0.767. The SMILES string of the molecule is CCNCC(C)C(=O)NN1C(C)CCCC1C. The molecular formula is C13H27N3O. The maximum absolute atomic E-state index is 12.0. The number of hydrogen-bond donors (Lipinski definition) is 2. The van der Waals surface area contributed by atoms with Gasteiger partial charge in [0.05, 0.1) is 0 Å². The molecule has 4 nitrogen and oxygen atoms in total. The first-order chi connectivity index (χ1) is 8.06. The Hall–Kier alpha value is -0.610. The molecule has 0 aromatic rings. The minimum Gasteiger partial charge on any atom is -0.316 e. The van der Waals surface area contributed by atoms with Crippen molar-refractivity contribution in [3.8, 4) is 0 Å². The van der Waals surface area contributed by atoms with E-state index < -0.39 is 0 Å². The molecule has 1 fully saturated rings. The predicted molar refractivity (Wildman–Crippen MR) is 70.5 cm³/mol. The molecule has 1 aliphatic rings. The van der Waals surface area contributed by atoms with E-state index in [1.54, 1.807) is 0 Å². The summed E-state index contributed by atoms with van der Waals surface area (Å²) in [6, 6.07) is 0.906. The van der Waals surface area contributed by atoms with E-state index in [2.05, 4.69) is 36.5 Å². The van der Waals surface area contributed by atoms with Gasteiger partial charge in [0.25, 0.3) is 0 Å². The first kappa shape index (κ1) is 14.5. The van der Waals surface area contributed by atoms with Gasteiger partial charge in [-0.05, 0) is 33.2 Å². The zero-order chi connectivity index (χ0) is 12.8. The average molecular weight is 241 g/mol. The standard InChI is InChI=1S/C13H27N3O/c1-5-14-9-10(2)13(17)15-16-11(3)7-6-8-12(16)4/h10-12,14H,5-9H2,1-4H3,(H,15,17). The second kappa shape index (κ2) is 6.97. The Morgan fingerprint density at radius 3 is 2.47 bits per heavy atom. The van der Waals surface area contributed by atoms with Crippen molar-refractivity contribution in [1.82, 2.24) is 15.8 Å². The van der Waals surface area contributed by atoms with Gasteiger partial charge in [-0.15, -0.1) is 0 Å². The maximum atomic E-state index is 12.0. The van der Waals surface area contributed by atoms with Gasteiger partial charge in [0, 0.05) is 24.5 Å². The number of amides is 1. The minimum atomic E-state index is 0.0243. The fourth-order valence-corrected chi connectivity index (χ4v) is 2.33. The fourth-order valence-electron chi connectivity index (χ4n) is 2.33. The molecule has 3 unspecified atom stereocenters. The highest BCUT2D eigenvalue weighted by Crippen LogP contribution is 2.20. The van der Waals surface area contributed by atoms with Crippen molar-refractivity contribution >= 4 is 5.91 Å². The van der Waals surface area contributed by atoms with Crippen molar-refractivity contribution in [2.45, 2.75) is 59.0 Å². The van der Waals surface area contributed by atoms with Crippen LogP contribution in [0, 0.1) is 5.92 Å². The van der Waals surface area contributed by atoms with Crippen LogP contribution in [0.5, 0.6) is 0 Å². The van der Waals surface area contributed by atoms with Crippen LogP contribution in [0.15, 0.2) is 0 Å². The van der Waals surface area contributed by atoms with Crippen molar-refractivity contribution in [2.75, 3.05) is 13.1 Å². The maximum Gasteiger partial charge on any atom is 0.238 e. The van der Waals surface area contributed by atoms with E-state index in [0.29, 0.717) is 12.1 Å². The van der Waals surface area contributed by atoms with Crippen LogP contribution in [0.3, 0.4) is 0 Å². The van der Waals surface area contributed by atoms with Crippen LogP contribution in [0.4, 0.5) is 0 Å². The Morgan fingerprint density at radius 1 is 1.35 bits per heavy atom. The van der Waals surface area contributed by atoms with Crippen LogP contribution >= 0.6 is 0 Å². The first-order valence-electron chi connectivity index (χ1n) is 6.85. The van der Waals surface area contributed by atoms with Crippen molar-refractivity contribution in [1.29, 1.82) is 0 Å². The van der Waals surface area contributed by atoms with E-state index in [4.69, 9.17) is 0 Å². The number of hydrogen-bond acceptors (Lipinski definition) is 3. The Labute approximate surface area is 105 Å². The molecule has 0 aliphatic carbocycles. The molecule has 100 valence electrons. The summed E-state index contributed by atoms with van der Waals surface area (Å²) in [6.45, 7) is 10.1. The lowest BCUT2D eigenvalue weighted by Crippen LogP contribution is -2.55. The Kier molecular flexibility index (Phi) is 5.92. The van der Waals surface area contributed by atoms with Crippen LogP contribution < -0.4 is 10.7 Å². The molecule has 0 aromatic carbocycles. The summed E-state index contributed by atoms with van der Waals surface area (Å²) in [7, 11) is 0. The summed E-state index contributed by atoms with van der Waals surface area (Å²) in [4.78, 5) is 12.0. The highest BCUT2D eigenvalue weighted by atomic mass is 16.2. The fraction of sp³-hybridized carbons (Fsp3) is 0.923. The third-order valence-corrected chi connectivity index (χ3v) is 3.58. The van der Waals surface area contributed by atoms with E-state index in [-0.39, 0.29) is 11.8 Å². The number of nitrogens with zero attached hydrogens (tertiary/aromatic N) is 1. The van der Waals surface area contributed by atoms with Crippen molar-refractivity contribution < 1.29 is 4.79 Å². The van der Waals surface area contributed by atoms with Crippen LogP contribution in [-0.2, 0) is 4.79 Å². The summed E-state index contributed by atoms with van der Waals surface area (Å²) in [6.07, 6.45) is 3.61. The molecule has 1 aliphatic heterocycles. The lowest BCUT2D eigenvalue weighted by molar-refractivity contribution is -0.132. The molecule has 1 amide bonds. The Balaban J connectivity index is 2.43. The van der Waals surface area contributed by atoms with Crippen LogP contribution in [0.25, 0.3) is 0 Å². The molecule has 0 spiro atoms. The number of carbonyl (C=O) groups is 1. The van der Waals surface area contributed by atoms with Gasteiger partial charge in [-0.2, -0.15) is 0 Å². The normalized spacial score (nSPS) is 27.8.